The Balaban J connectivity index is 1.76. The number of hydrogen-bond acceptors (Lipinski definition) is 4. The molecule has 1 aromatic rings. The van der Waals surface area contributed by atoms with E-state index < -0.39 is 0 Å². The van der Waals surface area contributed by atoms with Crippen molar-refractivity contribution < 1.29 is 19.1 Å². The summed E-state index contributed by atoms with van der Waals surface area (Å²) in [6.07, 6.45) is 1.08. The first-order valence-corrected chi connectivity index (χ1v) is 10.8. The highest BCUT2D eigenvalue weighted by Gasteiger charge is 2.29. The van der Waals surface area contributed by atoms with E-state index in [1.807, 2.05) is 30.3 Å². The van der Waals surface area contributed by atoms with E-state index in [0.717, 1.165) is 5.69 Å². The Kier molecular flexibility index (Phi) is 9.15. The van der Waals surface area contributed by atoms with Gasteiger partial charge in [-0.05, 0) is 36.8 Å². The number of carbonyl (C=O) groups excluding carboxylic acids is 3. The summed E-state index contributed by atoms with van der Waals surface area (Å²) in [5, 5.41) is 2.86. The largest absolute Gasteiger partial charge is 0.455 e. The molecule has 7 nitrogen and oxygen atoms in total. The van der Waals surface area contributed by atoms with Crippen LogP contribution in [0.2, 0.25) is 0 Å². The number of likely N-dealkylation sites (tertiary alicyclic amines) is 1. The van der Waals surface area contributed by atoms with E-state index in [9.17, 15) is 14.4 Å². The van der Waals surface area contributed by atoms with Crippen LogP contribution in [0, 0.1) is 17.8 Å². The molecule has 1 aliphatic rings. The summed E-state index contributed by atoms with van der Waals surface area (Å²) in [5.74, 6) is -0.0577. The molecule has 1 aliphatic heterocycles. The van der Waals surface area contributed by atoms with Gasteiger partial charge in [-0.2, -0.15) is 0 Å². The number of hydrogen-bond donors (Lipinski definition) is 1. The van der Waals surface area contributed by atoms with Crippen molar-refractivity contribution in [1.29, 1.82) is 0 Å². The maximum atomic E-state index is 12.5. The number of para-hydroxylation sites is 1. The van der Waals surface area contributed by atoms with Crippen LogP contribution in [0.15, 0.2) is 30.3 Å². The monoisotopic (exact) mass is 417 g/mol. The van der Waals surface area contributed by atoms with Gasteiger partial charge < -0.3 is 19.9 Å². The average Bonchev–Trinajstić information content (AvgIpc) is 2.71. The van der Waals surface area contributed by atoms with Crippen LogP contribution in [-0.4, -0.2) is 60.5 Å². The molecule has 3 amide bonds. The predicted molar refractivity (Wildman–Crippen MR) is 117 cm³/mol. The summed E-state index contributed by atoms with van der Waals surface area (Å²) >= 11 is 0. The van der Waals surface area contributed by atoms with Gasteiger partial charge in [-0.3, -0.25) is 9.59 Å². The lowest BCUT2D eigenvalue weighted by Crippen LogP contribution is -2.43. The molecule has 1 aromatic carbocycles. The van der Waals surface area contributed by atoms with Crippen molar-refractivity contribution in [2.75, 3.05) is 38.1 Å². The summed E-state index contributed by atoms with van der Waals surface area (Å²) in [5.41, 5.74) is 0.745. The van der Waals surface area contributed by atoms with Crippen LogP contribution in [0.25, 0.3) is 0 Å². The van der Waals surface area contributed by atoms with Crippen molar-refractivity contribution in [1.82, 2.24) is 9.80 Å². The molecule has 1 heterocycles. The van der Waals surface area contributed by atoms with Crippen LogP contribution in [0.5, 0.6) is 0 Å². The molecule has 0 spiro atoms. The first kappa shape index (κ1) is 23.7. The third kappa shape index (κ3) is 7.69. The van der Waals surface area contributed by atoms with Crippen molar-refractivity contribution in [3.8, 4) is 0 Å². The minimum atomic E-state index is -0.347. The lowest BCUT2D eigenvalue weighted by molar-refractivity contribution is -0.157. The Morgan fingerprint density at radius 1 is 1.03 bits per heavy atom. The van der Waals surface area contributed by atoms with E-state index in [-0.39, 0.29) is 30.4 Å². The first-order chi connectivity index (χ1) is 14.3. The SMILES string of the molecule is CC(C)CN(CC(C)C)C(=O)COC(=O)C1CCN(C(=O)Nc2ccccc2)CC1. The van der Waals surface area contributed by atoms with Gasteiger partial charge in [0, 0.05) is 31.9 Å². The third-order valence-corrected chi connectivity index (χ3v) is 5.00. The molecular formula is C23H35N3O4. The first-order valence-electron chi connectivity index (χ1n) is 10.8. The number of rotatable bonds is 8. The van der Waals surface area contributed by atoms with E-state index in [0.29, 0.717) is 50.9 Å². The molecule has 0 unspecified atom stereocenters. The molecule has 0 atom stereocenters. The second kappa shape index (κ2) is 11.6. The standard InChI is InChI=1S/C23H35N3O4/c1-17(2)14-26(15-18(3)4)21(27)16-30-22(28)19-10-12-25(13-11-19)23(29)24-20-8-6-5-7-9-20/h5-9,17-19H,10-16H2,1-4H3,(H,24,29). The summed E-state index contributed by atoms with van der Waals surface area (Å²) in [4.78, 5) is 40.8. The maximum absolute atomic E-state index is 12.5. The Morgan fingerprint density at radius 2 is 1.60 bits per heavy atom. The number of nitrogens with one attached hydrogen (secondary N) is 1. The number of anilines is 1. The lowest BCUT2D eigenvalue weighted by atomic mass is 9.97. The molecule has 1 saturated heterocycles. The van der Waals surface area contributed by atoms with Gasteiger partial charge in [0.15, 0.2) is 6.61 Å². The third-order valence-electron chi connectivity index (χ3n) is 5.00. The summed E-state index contributed by atoms with van der Waals surface area (Å²) in [7, 11) is 0. The maximum Gasteiger partial charge on any atom is 0.321 e. The molecule has 1 N–H and O–H groups in total. The topological polar surface area (TPSA) is 79.0 Å². The van der Waals surface area contributed by atoms with E-state index >= 15 is 0 Å². The van der Waals surface area contributed by atoms with Gasteiger partial charge in [-0.1, -0.05) is 45.9 Å². The van der Waals surface area contributed by atoms with Crippen LogP contribution >= 0.6 is 0 Å². The van der Waals surface area contributed by atoms with Crippen LogP contribution in [-0.2, 0) is 14.3 Å². The number of ether oxygens (including phenoxy) is 1. The summed E-state index contributed by atoms with van der Waals surface area (Å²) < 4.78 is 5.33. The van der Waals surface area contributed by atoms with Crippen molar-refractivity contribution in [2.24, 2.45) is 17.8 Å². The minimum Gasteiger partial charge on any atom is -0.455 e. The van der Waals surface area contributed by atoms with Crippen molar-refractivity contribution in [3.05, 3.63) is 30.3 Å². The van der Waals surface area contributed by atoms with Crippen LogP contribution in [0.3, 0.4) is 0 Å². The van der Waals surface area contributed by atoms with E-state index in [4.69, 9.17) is 4.74 Å². The predicted octanol–water partition coefficient (Wildman–Crippen LogP) is 3.61. The lowest BCUT2D eigenvalue weighted by Gasteiger charge is -2.31. The Morgan fingerprint density at radius 3 is 2.13 bits per heavy atom. The highest BCUT2D eigenvalue weighted by Crippen LogP contribution is 2.20. The highest BCUT2D eigenvalue weighted by molar-refractivity contribution is 5.89. The highest BCUT2D eigenvalue weighted by atomic mass is 16.5. The number of carbonyl (C=O) groups is 3. The van der Waals surface area contributed by atoms with E-state index in [1.165, 1.54) is 0 Å². The van der Waals surface area contributed by atoms with Crippen molar-refractivity contribution >= 4 is 23.6 Å². The molecule has 0 saturated carbocycles. The van der Waals surface area contributed by atoms with Gasteiger partial charge in [0.1, 0.15) is 0 Å². The molecule has 0 radical (unpaired) electrons. The Bertz CT molecular complexity index is 688. The number of esters is 1. The smallest absolute Gasteiger partial charge is 0.321 e. The number of piperidine rings is 1. The molecule has 1 fully saturated rings. The van der Waals surface area contributed by atoms with Gasteiger partial charge in [-0.25, -0.2) is 4.79 Å². The second-order valence-electron chi connectivity index (χ2n) is 8.75. The average molecular weight is 418 g/mol. The number of nitrogens with zero attached hydrogens (tertiary/aromatic N) is 2. The molecule has 30 heavy (non-hydrogen) atoms. The molecule has 2 rings (SSSR count). The van der Waals surface area contributed by atoms with Crippen LogP contribution in [0.4, 0.5) is 10.5 Å². The minimum absolute atomic E-state index is 0.148. The van der Waals surface area contributed by atoms with Crippen LogP contribution in [0.1, 0.15) is 40.5 Å². The molecule has 0 bridgehead atoms. The van der Waals surface area contributed by atoms with Gasteiger partial charge in [0.2, 0.25) is 0 Å². The summed E-state index contributed by atoms with van der Waals surface area (Å²) in [6.45, 7) is 10.3. The van der Waals surface area contributed by atoms with Gasteiger partial charge in [-0.15, -0.1) is 0 Å². The molecule has 7 heteroatoms. The van der Waals surface area contributed by atoms with Gasteiger partial charge >= 0.3 is 12.0 Å². The van der Waals surface area contributed by atoms with Crippen molar-refractivity contribution in [3.63, 3.8) is 0 Å². The Labute approximate surface area is 179 Å². The quantitative estimate of drug-likeness (QED) is 0.656. The van der Waals surface area contributed by atoms with Gasteiger partial charge in [0.25, 0.3) is 5.91 Å². The second-order valence-corrected chi connectivity index (χ2v) is 8.75. The number of amides is 3. The fourth-order valence-electron chi connectivity index (χ4n) is 3.54. The summed E-state index contributed by atoms with van der Waals surface area (Å²) in [6, 6.07) is 9.12. The van der Waals surface area contributed by atoms with E-state index in [1.54, 1.807) is 9.80 Å². The number of urea groups is 1. The fourth-order valence-corrected chi connectivity index (χ4v) is 3.54. The zero-order valence-electron chi connectivity index (χ0n) is 18.6. The Hall–Kier alpha value is -2.57. The molecule has 0 aliphatic carbocycles. The zero-order chi connectivity index (χ0) is 22.1. The number of benzene rings is 1. The normalized spacial score (nSPS) is 14.7. The molecule has 166 valence electrons. The van der Waals surface area contributed by atoms with E-state index in [2.05, 4.69) is 33.0 Å². The van der Waals surface area contributed by atoms with Crippen LogP contribution < -0.4 is 5.32 Å². The van der Waals surface area contributed by atoms with Gasteiger partial charge in [0.05, 0.1) is 5.92 Å². The molecule has 0 aromatic heterocycles. The van der Waals surface area contributed by atoms with Crippen molar-refractivity contribution in [2.45, 2.75) is 40.5 Å². The fraction of sp³-hybridized carbons (Fsp3) is 0.609. The molecular weight excluding hydrogens is 382 g/mol. The zero-order valence-corrected chi connectivity index (χ0v) is 18.6.